The van der Waals surface area contributed by atoms with Crippen molar-refractivity contribution in [3.63, 3.8) is 0 Å². The lowest BCUT2D eigenvalue weighted by molar-refractivity contribution is 0.0655. The van der Waals surface area contributed by atoms with Gasteiger partial charge in [-0.25, -0.2) is 12.7 Å². The first kappa shape index (κ1) is 17.7. The fourth-order valence-corrected chi connectivity index (χ4v) is 5.30. The normalized spacial score (nSPS) is 20.4. The Morgan fingerprint density at radius 1 is 1.21 bits per heavy atom. The van der Waals surface area contributed by atoms with Crippen LogP contribution in [0.25, 0.3) is 0 Å². The van der Waals surface area contributed by atoms with Crippen molar-refractivity contribution in [3.8, 4) is 5.75 Å². The zero-order chi connectivity index (χ0) is 17.0. The number of benzene rings is 1. The van der Waals surface area contributed by atoms with Crippen LogP contribution in [-0.4, -0.2) is 51.9 Å². The molecule has 0 aromatic heterocycles. The molecule has 6 heteroatoms. The van der Waals surface area contributed by atoms with E-state index in [4.69, 9.17) is 9.47 Å². The number of fused-ring (bicyclic) bond motifs is 1. The molecule has 2 aliphatic heterocycles. The van der Waals surface area contributed by atoms with Gasteiger partial charge >= 0.3 is 0 Å². The number of ether oxygens (including phenoxy) is 2. The third kappa shape index (κ3) is 4.10. The lowest BCUT2D eigenvalue weighted by atomic mass is 9.98. The second-order valence-corrected chi connectivity index (χ2v) is 8.75. The van der Waals surface area contributed by atoms with E-state index in [1.54, 1.807) is 11.4 Å². The van der Waals surface area contributed by atoms with E-state index in [1.165, 1.54) is 5.56 Å². The molecule has 2 aliphatic rings. The molecule has 24 heavy (non-hydrogen) atoms. The molecule has 0 spiro atoms. The van der Waals surface area contributed by atoms with E-state index in [0.29, 0.717) is 19.0 Å². The Bertz CT molecular complexity index is 653. The first-order valence-electron chi connectivity index (χ1n) is 8.80. The Labute approximate surface area is 145 Å². The van der Waals surface area contributed by atoms with Gasteiger partial charge in [-0.15, -0.1) is 0 Å². The van der Waals surface area contributed by atoms with E-state index in [-0.39, 0.29) is 5.75 Å². The zero-order valence-electron chi connectivity index (χ0n) is 14.4. The van der Waals surface area contributed by atoms with Crippen LogP contribution in [0.2, 0.25) is 0 Å². The molecule has 0 atom stereocenters. The lowest BCUT2D eigenvalue weighted by Gasteiger charge is -2.24. The molecule has 1 fully saturated rings. The molecule has 0 bridgehead atoms. The first-order valence-corrected chi connectivity index (χ1v) is 10.4. The predicted octanol–water partition coefficient (Wildman–Crippen LogP) is 2.24. The van der Waals surface area contributed by atoms with Gasteiger partial charge in [-0.1, -0.05) is 12.1 Å². The summed E-state index contributed by atoms with van der Waals surface area (Å²) in [4.78, 5) is 0. The van der Waals surface area contributed by atoms with Crippen molar-refractivity contribution in [2.75, 3.05) is 39.2 Å². The van der Waals surface area contributed by atoms with Gasteiger partial charge in [0.05, 0.1) is 12.9 Å². The Balaban J connectivity index is 1.63. The molecule has 0 N–H and O–H groups in total. The van der Waals surface area contributed by atoms with Gasteiger partial charge in [0, 0.05) is 26.3 Å². The second kappa shape index (κ2) is 7.85. The molecule has 1 aromatic carbocycles. The van der Waals surface area contributed by atoms with Crippen LogP contribution < -0.4 is 4.74 Å². The van der Waals surface area contributed by atoms with E-state index in [1.807, 2.05) is 12.1 Å². The van der Waals surface area contributed by atoms with Crippen molar-refractivity contribution in [2.24, 2.45) is 5.92 Å². The number of hydrogen-bond acceptors (Lipinski definition) is 4. The smallest absolute Gasteiger partial charge is 0.214 e. The molecule has 1 aromatic rings. The number of sulfonamides is 1. The van der Waals surface area contributed by atoms with Gasteiger partial charge in [0.15, 0.2) is 0 Å². The number of methoxy groups -OCH3 is 1. The molecule has 0 unspecified atom stereocenters. The summed E-state index contributed by atoms with van der Waals surface area (Å²) in [5.41, 5.74) is 2.36. The summed E-state index contributed by atoms with van der Waals surface area (Å²) >= 11 is 0. The van der Waals surface area contributed by atoms with Crippen molar-refractivity contribution in [1.29, 1.82) is 0 Å². The summed E-state index contributed by atoms with van der Waals surface area (Å²) in [5.74, 6) is 1.61. The molecule has 3 rings (SSSR count). The molecule has 0 aliphatic carbocycles. The van der Waals surface area contributed by atoms with E-state index in [9.17, 15) is 8.42 Å². The molecule has 2 heterocycles. The van der Waals surface area contributed by atoms with Gasteiger partial charge in [-0.2, -0.15) is 0 Å². The van der Waals surface area contributed by atoms with E-state index < -0.39 is 10.0 Å². The fraction of sp³-hybridized carbons (Fsp3) is 0.667. The van der Waals surface area contributed by atoms with Gasteiger partial charge in [-0.3, -0.25) is 0 Å². The largest absolute Gasteiger partial charge is 0.496 e. The van der Waals surface area contributed by atoms with E-state index in [0.717, 1.165) is 56.6 Å². The summed E-state index contributed by atoms with van der Waals surface area (Å²) in [5, 5.41) is 0. The molecule has 134 valence electrons. The minimum atomic E-state index is -3.19. The van der Waals surface area contributed by atoms with Crippen LogP contribution >= 0.6 is 0 Å². The number of hydrogen-bond donors (Lipinski definition) is 0. The van der Waals surface area contributed by atoms with Gasteiger partial charge in [0.1, 0.15) is 5.75 Å². The highest BCUT2D eigenvalue weighted by atomic mass is 32.2. The van der Waals surface area contributed by atoms with Crippen molar-refractivity contribution in [3.05, 3.63) is 29.3 Å². The van der Waals surface area contributed by atoms with Crippen LogP contribution in [0, 0.1) is 5.92 Å². The Morgan fingerprint density at radius 3 is 2.71 bits per heavy atom. The molecule has 0 saturated carbocycles. The highest BCUT2D eigenvalue weighted by Crippen LogP contribution is 2.27. The summed E-state index contributed by atoms with van der Waals surface area (Å²) < 4.78 is 38.0. The Morgan fingerprint density at radius 2 is 1.96 bits per heavy atom. The number of rotatable bonds is 5. The zero-order valence-corrected chi connectivity index (χ0v) is 15.2. The highest BCUT2D eigenvalue weighted by molar-refractivity contribution is 7.89. The van der Waals surface area contributed by atoms with Gasteiger partial charge in [0.25, 0.3) is 0 Å². The van der Waals surface area contributed by atoms with Crippen LogP contribution in [0.1, 0.15) is 30.4 Å². The molecule has 0 amide bonds. The maximum Gasteiger partial charge on any atom is 0.214 e. The lowest BCUT2D eigenvalue weighted by Crippen LogP contribution is -2.36. The maximum atomic E-state index is 12.7. The van der Waals surface area contributed by atoms with Gasteiger partial charge in [0.2, 0.25) is 10.0 Å². The quantitative estimate of drug-likeness (QED) is 0.815. The van der Waals surface area contributed by atoms with Gasteiger partial charge in [-0.05, 0) is 55.2 Å². The summed E-state index contributed by atoms with van der Waals surface area (Å²) in [6, 6.07) is 6.01. The third-order valence-electron chi connectivity index (χ3n) is 5.21. The third-order valence-corrected chi connectivity index (χ3v) is 7.11. The molecule has 0 radical (unpaired) electrons. The van der Waals surface area contributed by atoms with E-state index in [2.05, 4.69) is 6.07 Å². The second-order valence-electron chi connectivity index (χ2n) is 6.66. The standard InChI is InChI=1S/C18H27NO4S/c1-22-18-4-2-3-16-5-10-19(11-6-17(16)18)24(20,21)14-9-15-7-12-23-13-8-15/h2-4,15H,5-14H2,1H3. The van der Waals surface area contributed by atoms with Crippen LogP contribution in [0.5, 0.6) is 5.75 Å². The topological polar surface area (TPSA) is 55.8 Å². The molecular weight excluding hydrogens is 326 g/mol. The van der Waals surface area contributed by atoms with Crippen LogP contribution in [0.15, 0.2) is 18.2 Å². The average molecular weight is 353 g/mol. The fourth-order valence-electron chi connectivity index (χ4n) is 3.67. The first-order chi connectivity index (χ1) is 11.6. The maximum absolute atomic E-state index is 12.7. The van der Waals surface area contributed by atoms with Crippen molar-refractivity contribution in [2.45, 2.75) is 32.1 Å². The predicted molar refractivity (Wildman–Crippen MR) is 93.9 cm³/mol. The van der Waals surface area contributed by atoms with Gasteiger partial charge < -0.3 is 9.47 Å². The summed E-state index contributed by atoms with van der Waals surface area (Å²) in [6.07, 6.45) is 4.19. The Hall–Kier alpha value is -1.11. The molecular formula is C18H27NO4S. The summed E-state index contributed by atoms with van der Waals surface area (Å²) in [6.45, 7) is 2.65. The minimum absolute atomic E-state index is 0.255. The average Bonchev–Trinajstić information content (AvgIpc) is 2.84. The molecule has 1 saturated heterocycles. The van der Waals surface area contributed by atoms with Crippen LogP contribution in [-0.2, 0) is 27.6 Å². The monoisotopic (exact) mass is 353 g/mol. The van der Waals surface area contributed by atoms with E-state index >= 15 is 0 Å². The van der Waals surface area contributed by atoms with Crippen molar-refractivity contribution < 1.29 is 17.9 Å². The van der Waals surface area contributed by atoms with Crippen LogP contribution in [0.4, 0.5) is 0 Å². The Kier molecular flexibility index (Phi) is 5.79. The van der Waals surface area contributed by atoms with Crippen molar-refractivity contribution >= 4 is 10.0 Å². The number of nitrogens with zero attached hydrogens (tertiary/aromatic N) is 1. The van der Waals surface area contributed by atoms with Crippen molar-refractivity contribution in [1.82, 2.24) is 4.31 Å². The highest BCUT2D eigenvalue weighted by Gasteiger charge is 2.27. The molecule has 5 nitrogen and oxygen atoms in total. The summed E-state index contributed by atoms with van der Waals surface area (Å²) in [7, 11) is -1.52. The SMILES string of the molecule is COc1cccc2c1CCN(S(=O)(=O)CCC1CCOCC1)CC2. The minimum Gasteiger partial charge on any atom is -0.496 e. The van der Waals surface area contributed by atoms with Crippen LogP contribution in [0.3, 0.4) is 0 Å².